The highest BCUT2D eigenvalue weighted by atomic mass is 16.5. The third-order valence-electron chi connectivity index (χ3n) is 5.18. The van der Waals surface area contributed by atoms with Crippen molar-refractivity contribution in [1.29, 1.82) is 0 Å². The number of nitrogens with one attached hydrogen (secondary N) is 1. The van der Waals surface area contributed by atoms with Crippen molar-refractivity contribution >= 4 is 5.91 Å². The van der Waals surface area contributed by atoms with Crippen molar-refractivity contribution in [3.05, 3.63) is 57.4 Å². The van der Waals surface area contributed by atoms with E-state index in [1.807, 2.05) is 6.92 Å². The second-order valence-corrected chi connectivity index (χ2v) is 7.36. The highest BCUT2D eigenvalue weighted by Crippen LogP contribution is 2.23. The Balaban J connectivity index is 1.70. The highest BCUT2D eigenvalue weighted by molar-refractivity contribution is 5.76. The molecule has 0 bridgehead atoms. The normalized spacial score (nSPS) is 19.2. The number of amides is 1. The molecule has 1 aromatic carbocycles. The molecule has 1 fully saturated rings. The van der Waals surface area contributed by atoms with Gasteiger partial charge in [-0.2, -0.15) is 0 Å². The van der Waals surface area contributed by atoms with E-state index in [-0.39, 0.29) is 18.5 Å². The largest absolute Gasteiger partial charge is 0.494 e. The lowest BCUT2D eigenvalue weighted by molar-refractivity contribution is -0.122. The molecule has 1 heterocycles. The van der Waals surface area contributed by atoms with Crippen LogP contribution in [0.15, 0.2) is 46.2 Å². The molecule has 1 aliphatic rings. The second-order valence-electron chi connectivity index (χ2n) is 7.36. The minimum absolute atomic E-state index is 0.149. The molecule has 0 unspecified atom stereocenters. The molecule has 3 rings (SSSR count). The summed E-state index contributed by atoms with van der Waals surface area (Å²) in [6.45, 7) is 4.52. The minimum atomic E-state index is -0.719. The van der Waals surface area contributed by atoms with E-state index in [2.05, 4.69) is 12.2 Å². The minimum Gasteiger partial charge on any atom is -0.494 e. The lowest BCUT2D eigenvalue weighted by Gasteiger charge is -2.27. The topological polar surface area (TPSA) is 82.3 Å². The third kappa shape index (κ3) is 4.71. The summed E-state index contributed by atoms with van der Waals surface area (Å²) in [6, 6.07) is 7.08. The Morgan fingerprint density at radius 3 is 2.39 bits per heavy atom. The van der Waals surface area contributed by atoms with Crippen LogP contribution in [-0.4, -0.2) is 27.7 Å². The first-order valence-electron chi connectivity index (χ1n) is 9.82. The molecule has 1 saturated carbocycles. The zero-order valence-electron chi connectivity index (χ0n) is 16.4. The summed E-state index contributed by atoms with van der Waals surface area (Å²) in [6.07, 6.45) is 7.10. The molecular formula is C21H27N3O4. The van der Waals surface area contributed by atoms with Crippen LogP contribution in [0.2, 0.25) is 0 Å². The van der Waals surface area contributed by atoms with Gasteiger partial charge in [0.15, 0.2) is 0 Å². The maximum absolute atomic E-state index is 12.5. The van der Waals surface area contributed by atoms with Crippen LogP contribution in [0.5, 0.6) is 5.75 Å². The standard InChI is InChI=1S/C21H27N3O4/c1-3-28-18-10-8-17(9-11-18)24-13-12-23(20(26)21(24)27)14-19(25)22-16-6-4-15(2)5-7-16/h8-13,15-16H,3-7,14H2,1-2H3,(H,22,25). The molecule has 0 spiro atoms. The summed E-state index contributed by atoms with van der Waals surface area (Å²) in [4.78, 5) is 37.2. The molecular weight excluding hydrogens is 358 g/mol. The van der Waals surface area contributed by atoms with Gasteiger partial charge in [-0.3, -0.25) is 23.5 Å². The molecule has 28 heavy (non-hydrogen) atoms. The number of carbonyl (C=O) groups is 1. The predicted octanol–water partition coefficient (Wildman–Crippen LogP) is 2.09. The summed E-state index contributed by atoms with van der Waals surface area (Å²) in [5.41, 5.74) is -0.840. The van der Waals surface area contributed by atoms with E-state index in [1.165, 1.54) is 17.0 Å². The quantitative estimate of drug-likeness (QED) is 0.772. The van der Waals surface area contributed by atoms with Crippen LogP contribution in [0.1, 0.15) is 39.5 Å². The first kappa shape index (κ1) is 19.9. The van der Waals surface area contributed by atoms with Crippen LogP contribution in [0, 0.1) is 5.92 Å². The van der Waals surface area contributed by atoms with E-state index in [4.69, 9.17) is 4.74 Å². The molecule has 1 N–H and O–H groups in total. The first-order valence-corrected chi connectivity index (χ1v) is 9.82. The smallest absolute Gasteiger partial charge is 0.320 e. The maximum Gasteiger partial charge on any atom is 0.320 e. The summed E-state index contributed by atoms with van der Waals surface area (Å²) in [5, 5.41) is 2.98. The first-order chi connectivity index (χ1) is 13.5. The number of carbonyl (C=O) groups excluding carboxylic acids is 1. The molecule has 2 aromatic rings. The molecule has 0 aliphatic heterocycles. The Morgan fingerprint density at radius 2 is 1.75 bits per heavy atom. The van der Waals surface area contributed by atoms with Crippen molar-refractivity contribution in [1.82, 2.24) is 14.5 Å². The van der Waals surface area contributed by atoms with Gasteiger partial charge in [0.05, 0.1) is 6.61 Å². The number of rotatable bonds is 6. The molecule has 7 nitrogen and oxygen atoms in total. The van der Waals surface area contributed by atoms with E-state index in [9.17, 15) is 14.4 Å². The van der Waals surface area contributed by atoms with Gasteiger partial charge in [-0.1, -0.05) is 6.92 Å². The van der Waals surface area contributed by atoms with Gasteiger partial charge in [0.1, 0.15) is 12.3 Å². The van der Waals surface area contributed by atoms with Gasteiger partial charge in [0.2, 0.25) is 5.91 Å². The van der Waals surface area contributed by atoms with Crippen molar-refractivity contribution in [2.24, 2.45) is 5.92 Å². The summed E-state index contributed by atoms with van der Waals surface area (Å²) in [7, 11) is 0. The van der Waals surface area contributed by atoms with E-state index >= 15 is 0 Å². The molecule has 1 amide bonds. The van der Waals surface area contributed by atoms with Crippen LogP contribution in [0.25, 0.3) is 5.69 Å². The number of aromatic nitrogens is 2. The van der Waals surface area contributed by atoms with Gasteiger partial charge < -0.3 is 10.1 Å². The Hall–Kier alpha value is -2.83. The van der Waals surface area contributed by atoms with Crippen molar-refractivity contribution in [2.45, 2.75) is 52.1 Å². The van der Waals surface area contributed by atoms with Gasteiger partial charge in [0.25, 0.3) is 0 Å². The lowest BCUT2D eigenvalue weighted by atomic mass is 9.87. The fourth-order valence-corrected chi connectivity index (χ4v) is 3.54. The van der Waals surface area contributed by atoms with Crippen LogP contribution in [0.3, 0.4) is 0 Å². The second kappa shape index (κ2) is 8.91. The fourth-order valence-electron chi connectivity index (χ4n) is 3.54. The maximum atomic E-state index is 12.5. The Labute approximate surface area is 164 Å². The predicted molar refractivity (Wildman–Crippen MR) is 107 cm³/mol. The fraction of sp³-hybridized carbons (Fsp3) is 0.476. The molecule has 150 valence electrons. The zero-order chi connectivity index (χ0) is 20.1. The Bertz CT molecular complexity index is 922. The molecule has 1 aliphatic carbocycles. The number of hydrogen-bond donors (Lipinski definition) is 1. The van der Waals surface area contributed by atoms with Gasteiger partial charge in [-0.05, 0) is 62.8 Å². The summed E-state index contributed by atoms with van der Waals surface area (Å²) in [5.74, 6) is 1.16. The Kier molecular flexibility index (Phi) is 6.34. The van der Waals surface area contributed by atoms with Crippen LogP contribution in [0.4, 0.5) is 0 Å². The van der Waals surface area contributed by atoms with Gasteiger partial charge in [-0.25, -0.2) is 0 Å². The van der Waals surface area contributed by atoms with Gasteiger partial charge in [-0.15, -0.1) is 0 Å². The van der Waals surface area contributed by atoms with E-state index in [0.29, 0.717) is 24.0 Å². The monoisotopic (exact) mass is 385 g/mol. The van der Waals surface area contributed by atoms with Crippen molar-refractivity contribution < 1.29 is 9.53 Å². The summed E-state index contributed by atoms with van der Waals surface area (Å²) >= 11 is 0. The van der Waals surface area contributed by atoms with Crippen molar-refractivity contribution in [3.8, 4) is 11.4 Å². The van der Waals surface area contributed by atoms with Crippen LogP contribution >= 0.6 is 0 Å². The Morgan fingerprint density at radius 1 is 1.07 bits per heavy atom. The van der Waals surface area contributed by atoms with Gasteiger partial charge >= 0.3 is 11.1 Å². The molecule has 0 radical (unpaired) electrons. The van der Waals surface area contributed by atoms with Crippen molar-refractivity contribution in [2.75, 3.05) is 6.61 Å². The SMILES string of the molecule is CCOc1ccc(-n2ccn(CC(=O)NC3CCC(C)CC3)c(=O)c2=O)cc1. The molecule has 1 aromatic heterocycles. The van der Waals surface area contributed by atoms with Crippen LogP contribution < -0.4 is 21.2 Å². The average molecular weight is 385 g/mol. The average Bonchev–Trinajstić information content (AvgIpc) is 2.69. The van der Waals surface area contributed by atoms with E-state index in [1.54, 1.807) is 24.3 Å². The van der Waals surface area contributed by atoms with Gasteiger partial charge in [0, 0.05) is 24.1 Å². The highest BCUT2D eigenvalue weighted by Gasteiger charge is 2.20. The zero-order valence-corrected chi connectivity index (χ0v) is 16.4. The van der Waals surface area contributed by atoms with Crippen molar-refractivity contribution in [3.63, 3.8) is 0 Å². The molecule has 0 atom stereocenters. The number of ether oxygens (including phenoxy) is 1. The molecule has 0 saturated heterocycles. The molecule has 7 heteroatoms. The number of benzene rings is 1. The lowest BCUT2D eigenvalue weighted by Crippen LogP contribution is -2.44. The van der Waals surface area contributed by atoms with E-state index in [0.717, 1.165) is 30.3 Å². The van der Waals surface area contributed by atoms with Crippen LogP contribution in [-0.2, 0) is 11.3 Å². The number of hydrogen-bond acceptors (Lipinski definition) is 4. The van der Waals surface area contributed by atoms with E-state index < -0.39 is 11.1 Å². The third-order valence-corrected chi connectivity index (χ3v) is 5.18. The number of nitrogens with zero attached hydrogens (tertiary/aromatic N) is 2. The summed E-state index contributed by atoms with van der Waals surface area (Å²) < 4.78 is 7.82.